The van der Waals surface area contributed by atoms with Crippen molar-refractivity contribution in [3.63, 3.8) is 0 Å². The fourth-order valence-corrected chi connectivity index (χ4v) is 2.16. The van der Waals surface area contributed by atoms with Gasteiger partial charge in [0.15, 0.2) is 0 Å². The predicted molar refractivity (Wildman–Crippen MR) is 57.7 cm³/mol. The van der Waals surface area contributed by atoms with Crippen molar-refractivity contribution in [1.29, 1.82) is 0 Å². The first-order valence-corrected chi connectivity index (χ1v) is 6.13. The van der Waals surface area contributed by atoms with E-state index >= 15 is 0 Å². The van der Waals surface area contributed by atoms with Crippen molar-refractivity contribution in [3.05, 3.63) is 15.3 Å². The first kappa shape index (κ1) is 12.5. The van der Waals surface area contributed by atoms with Gasteiger partial charge >= 0.3 is 0 Å². The summed E-state index contributed by atoms with van der Waals surface area (Å²) in [6, 6.07) is 0.740. The molecule has 0 unspecified atom stereocenters. The topological polar surface area (TPSA) is 99.1 Å². The van der Waals surface area contributed by atoms with Crippen molar-refractivity contribution in [2.24, 2.45) is 5.14 Å². The summed E-state index contributed by atoms with van der Waals surface area (Å²) in [6.45, 7) is 0. The number of rotatable bonds is 2. The summed E-state index contributed by atoms with van der Waals surface area (Å²) in [6.07, 6.45) is -2.83. The van der Waals surface area contributed by atoms with Crippen LogP contribution in [0.25, 0.3) is 0 Å². The molecule has 0 amide bonds. The molecule has 1 aromatic rings. The molecule has 5 nitrogen and oxygen atoms in total. The van der Waals surface area contributed by atoms with E-state index in [9.17, 15) is 17.2 Å². The lowest BCUT2D eigenvalue weighted by Crippen LogP contribution is -2.16. The monoisotopic (exact) mass is 349 g/mol. The van der Waals surface area contributed by atoms with Crippen LogP contribution in [-0.2, 0) is 10.0 Å². The Bertz CT molecular complexity index is 491. The van der Waals surface area contributed by atoms with Crippen molar-refractivity contribution in [1.82, 2.24) is 4.98 Å². The van der Waals surface area contributed by atoms with Crippen LogP contribution in [0.4, 0.5) is 14.6 Å². The molecule has 0 spiro atoms. The van der Waals surface area contributed by atoms with Crippen LogP contribution in [0, 0.1) is 3.70 Å². The highest BCUT2D eigenvalue weighted by atomic mass is 127. The minimum atomic E-state index is -4.13. The molecule has 0 saturated carbocycles. The van der Waals surface area contributed by atoms with Crippen LogP contribution in [0.5, 0.6) is 0 Å². The maximum Gasteiger partial charge on any atom is 0.266 e. The Morgan fingerprint density at radius 3 is 2.40 bits per heavy atom. The van der Waals surface area contributed by atoms with Gasteiger partial charge < -0.3 is 5.73 Å². The van der Waals surface area contributed by atoms with E-state index in [0.29, 0.717) is 0 Å². The molecule has 1 aromatic heterocycles. The number of nitrogen functional groups attached to an aromatic ring is 1. The average Bonchev–Trinajstić information content (AvgIpc) is 2.00. The Morgan fingerprint density at radius 2 is 2.00 bits per heavy atom. The molecule has 1 rings (SSSR count). The molecule has 0 atom stereocenters. The molecular weight excluding hydrogens is 343 g/mol. The van der Waals surface area contributed by atoms with Crippen LogP contribution >= 0.6 is 22.6 Å². The van der Waals surface area contributed by atoms with Gasteiger partial charge in [-0.05, 0) is 28.7 Å². The third kappa shape index (κ3) is 2.72. The molecule has 0 radical (unpaired) electrons. The zero-order valence-electron chi connectivity index (χ0n) is 7.12. The highest BCUT2D eigenvalue weighted by Crippen LogP contribution is 2.27. The normalized spacial score (nSPS) is 12.1. The number of anilines is 1. The Balaban J connectivity index is 3.50. The minimum Gasteiger partial charge on any atom is -0.383 e. The molecule has 1 heterocycles. The SMILES string of the molecule is Nc1nc(I)c(C(F)F)cc1S(N)(=O)=O. The van der Waals surface area contributed by atoms with Gasteiger partial charge in [0.2, 0.25) is 10.0 Å². The predicted octanol–water partition coefficient (Wildman–Crippen LogP) is 0.853. The van der Waals surface area contributed by atoms with Gasteiger partial charge in [0.05, 0.1) is 5.56 Å². The van der Waals surface area contributed by atoms with Gasteiger partial charge in [-0.15, -0.1) is 0 Å². The van der Waals surface area contributed by atoms with E-state index in [0.717, 1.165) is 6.07 Å². The number of sulfonamides is 1. The first-order valence-electron chi connectivity index (χ1n) is 3.50. The molecule has 84 valence electrons. The lowest BCUT2D eigenvalue weighted by Gasteiger charge is -2.07. The maximum atomic E-state index is 12.4. The van der Waals surface area contributed by atoms with E-state index in [1.807, 2.05) is 0 Å². The molecule has 0 aliphatic rings. The second kappa shape index (κ2) is 4.14. The zero-order chi connectivity index (χ0) is 11.8. The van der Waals surface area contributed by atoms with Crippen molar-refractivity contribution in [3.8, 4) is 0 Å². The summed E-state index contributed by atoms with van der Waals surface area (Å²) in [5.41, 5.74) is 4.75. The van der Waals surface area contributed by atoms with Crippen LogP contribution in [0.1, 0.15) is 12.0 Å². The standard InChI is InChI=1S/C6H6F2IN3O2S/c7-4(8)2-1-3(15(11,13)14)6(10)12-5(2)9/h1,4H,(H2,10,12)(H2,11,13,14). The van der Waals surface area contributed by atoms with Gasteiger partial charge in [0, 0.05) is 0 Å². The van der Waals surface area contributed by atoms with E-state index in [1.165, 1.54) is 22.6 Å². The smallest absolute Gasteiger partial charge is 0.266 e. The second-order valence-corrected chi connectivity index (χ2v) is 5.15. The summed E-state index contributed by atoms with van der Waals surface area (Å²) in [5, 5.41) is 4.78. The minimum absolute atomic E-state index is 0.0486. The summed E-state index contributed by atoms with van der Waals surface area (Å²) in [5.74, 6) is -0.383. The number of hydrogen-bond acceptors (Lipinski definition) is 4. The molecule has 9 heteroatoms. The van der Waals surface area contributed by atoms with E-state index in [-0.39, 0.29) is 9.52 Å². The summed E-state index contributed by atoms with van der Waals surface area (Å²) < 4.78 is 46.7. The molecule has 0 aliphatic heterocycles. The van der Waals surface area contributed by atoms with Gasteiger partial charge in [-0.1, -0.05) is 0 Å². The Labute approximate surface area is 98.0 Å². The number of alkyl halides is 2. The van der Waals surface area contributed by atoms with Crippen LogP contribution < -0.4 is 10.9 Å². The quantitative estimate of drug-likeness (QED) is 0.611. The van der Waals surface area contributed by atoms with Crippen molar-refractivity contribution >= 4 is 38.4 Å². The van der Waals surface area contributed by atoms with Crippen LogP contribution in [0.3, 0.4) is 0 Å². The summed E-state index contributed by atoms with van der Waals surface area (Å²) >= 11 is 1.54. The highest BCUT2D eigenvalue weighted by Gasteiger charge is 2.20. The van der Waals surface area contributed by atoms with E-state index < -0.39 is 26.9 Å². The molecular formula is C6H6F2IN3O2S. The lowest BCUT2D eigenvalue weighted by atomic mass is 10.3. The van der Waals surface area contributed by atoms with Gasteiger partial charge in [0.1, 0.15) is 14.4 Å². The Kier molecular flexibility index (Phi) is 3.45. The van der Waals surface area contributed by atoms with E-state index in [4.69, 9.17) is 10.9 Å². The number of nitrogens with zero attached hydrogens (tertiary/aromatic N) is 1. The van der Waals surface area contributed by atoms with Crippen molar-refractivity contribution in [2.45, 2.75) is 11.3 Å². The van der Waals surface area contributed by atoms with Gasteiger partial charge in [0.25, 0.3) is 6.43 Å². The van der Waals surface area contributed by atoms with E-state index in [2.05, 4.69) is 4.98 Å². The third-order valence-electron chi connectivity index (χ3n) is 1.54. The number of primary sulfonamides is 1. The molecule has 0 saturated heterocycles. The van der Waals surface area contributed by atoms with E-state index in [1.54, 1.807) is 0 Å². The first-order chi connectivity index (χ1) is 6.73. The second-order valence-electron chi connectivity index (χ2n) is 2.60. The summed E-state index contributed by atoms with van der Waals surface area (Å²) in [7, 11) is -4.13. The van der Waals surface area contributed by atoms with Crippen molar-refractivity contribution < 1.29 is 17.2 Å². The largest absolute Gasteiger partial charge is 0.383 e. The maximum absolute atomic E-state index is 12.4. The molecule has 0 aliphatic carbocycles. The average molecular weight is 349 g/mol. The van der Waals surface area contributed by atoms with Gasteiger partial charge in [-0.3, -0.25) is 0 Å². The number of hydrogen-bond donors (Lipinski definition) is 2. The molecule has 0 fully saturated rings. The molecule has 0 bridgehead atoms. The number of pyridine rings is 1. The number of halogens is 3. The Hall–Kier alpha value is -0.550. The number of aromatic nitrogens is 1. The fraction of sp³-hybridized carbons (Fsp3) is 0.167. The third-order valence-corrected chi connectivity index (χ3v) is 3.34. The number of nitrogens with two attached hydrogens (primary N) is 2. The highest BCUT2D eigenvalue weighted by molar-refractivity contribution is 14.1. The lowest BCUT2D eigenvalue weighted by molar-refractivity contribution is 0.149. The fourth-order valence-electron chi connectivity index (χ4n) is 0.881. The van der Waals surface area contributed by atoms with Crippen LogP contribution in [0.15, 0.2) is 11.0 Å². The molecule has 15 heavy (non-hydrogen) atoms. The molecule has 0 aromatic carbocycles. The van der Waals surface area contributed by atoms with Crippen LogP contribution in [-0.4, -0.2) is 13.4 Å². The van der Waals surface area contributed by atoms with Gasteiger partial charge in [-0.2, -0.15) is 0 Å². The summed E-state index contributed by atoms with van der Waals surface area (Å²) in [4.78, 5) is 2.90. The zero-order valence-corrected chi connectivity index (χ0v) is 10.1. The molecule has 4 N–H and O–H groups in total. The van der Waals surface area contributed by atoms with Crippen molar-refractivity contribution in [2.75, 3.05) is 5.73 Å². The Morgan fingerprint density at radius 1 is 1.47 bits per heavy atom. The van der Waals surface area contributed by atoms with Crippen LogP contribution in [0.2, 0.25) is 0 Å². The van der Waals surface area contributed by atoms with Gasteiger partial charge in [-0.25, -0.2) is 27.3 Å².